The van der Waals surface area contributed by atoms with Crippen molar-refractivity contribution in [3.8, 4) is 0 Å². The van der Waals surface area contributed by atoms with Gasteiger partial charge in [0.1, 0.15) is 0 Å². The lowest BCUT2D eigenvalue weighted by atomic mass is 10.1. The average molecular weight is 192 g/mol. The van der Waals surface area contributed by atoms with Crippen LogP contribution in [0.15, 0.2) is 23.1 Å². The number of amidine groups is 1. The molecule has 3 heteroatoms. The quantitative estimate of drug-likeness (QED) is 0.407. The summed E-state index contributed by atoms with van der Waals surface area (Å²) in [6, 6.07) is 6.37. The highest BCUT2D eigenvalue weighted by atomic mass is 32.2. The summed E-state index contributed by atoms with van der Waals surface area (Å²) in [7, 11) is 0. The van der Waals surface area contributed by atoms with E-state index in [0.717, 1.165) is 4.90 Å². The molecule has 0 heterocycles. The van der Waals surface area contributed by atoms with Crippen LogP contribution in [0, 0.1) is 5.41 Å². The lowest BCUT2D eigenvalue weighted by Gasteiger charge is -2.02. The first-order chi connectivity index (χ1) is 6.25. The first kappa shape index (κ1) is 8.63. The number of nitrogens with two attached hydrogens (primary N) is 1. The van der Waals surface area contributed by atoms with E-state index < -0.39 is 0 Å². The van der Waals surface area contributed by atoms with Crippen molar-refractivity contribution in [2.45, 2.75) is 24.2 Å². The van der Waals surface area contributed by atoms with E-state index in [-0.39, 0.29) is 5.17 Å². The summed E-state index contributed by atoms with van der Waals surface area (Å²) >= 11 is 1.33. The highest BCUT2D eigenvalue weighted by molar-refractivity contribution is 8.13. The molecule has 0 aromatic heterocycles. The first-order valence-electron chi connectivity index (χ1n) is 4.39. The van der Waals surface area contributed by atoms with Gasteiger partial charge in [0.25, 0.3) is 0 Å². The normalized spacial score (nSPS) is 14.2. The predicted molar refractivity (Wildman–Crippen MR) is 56.2 cm³/mol. The summed E-state index contributed by atoms with van der Waals surface area (Å²) in [6.45, 7) is 0. The van der Waals surface area contributed by atoms with E-state index in [1.165, 1.54) is 42.2 Å². The fourth-order valence-electron chi connectivity index (χ4n) is 1.74. The third-order valence-corrected chi connectivity index (χ3v) is 3.01. The molecule has 13 heavy (non-hydrogen) atoms. The first-order valence-corrected chi connectivity index (χ1v) is 5.21. The fourth-order valence-corrected chi connectivity index (χ4v) is 2.33. The van der Waals surface area contributed by atoms with Crippen molar-refractivity contribution in [2.75, 3.05) is 0 Å². The van der Waals surface area contributed by atoms with Gasteiger partial charge in [0, 0.05) is 4.90 Å². The van der Waals surface area contributed by atoms with Crippen LogP contribution in [0.5, 0.6) is 0 Å². The molecule has 0 spiro atoms. The van der Waals surface area contributed by atoms with Gasteiger partial charge in [0.2, 0.25) is 0 Å². The zero-order valence-electron chi connectivity index (χ0n) is 7.34. The highest BCUT2D eigenvalue weighted by Crippen LogP contribution is 2.27. The number of hydrogen-bond acceptors (Lipinski definition) is 2. The van der Waals surface area contributed by atoms with Gasteiger partial charge >= 0.3 is 0 Å². The van der Waals surface area contributed by atoms with Crippen LogP contribution in [0.3, 0.4) is 0 Å². The topological polar surface area (TPSA) is 49.9 Å². The molecule has 0 radical (unpaired) electrons. The van der Waals surface area contributed by atoms with Crippen molar-refractivity contribution in [3.63, 3.8) is 0 Å². The molecule has 0 saturated heterocycles. The molecule has 0 bridgehead atoms. The van der Waals surface area contributed by atoms with Crippen LogP contribution in [0.1, 0.15) is 17.5 Å². The van der Waals surface area contributed by atoms with Crippen LogP contribution in [0.4, 0.5) is 0 Å². The van der Waals surface area contributed by atoms with E-state index in [1.807, 2.05) is 0 Å². The molecule has 3 N–H and O–H groups in total. The number of rotatable bonds is 1. The van der Waals surface area contributed by atoms with E-state index in [0.29, 0.717) is 0 Å². The fraction of sp³-hybridized carbons (Fsp3) is 0.300. The molecule has 0 saturated carbocycles. The van der Waals surface area contributed by atoms with Crippen molar-refractivity contribution in [1.29, 1.82) is 5.41 Å². The maximum atomic E-state index is 7.17. The van der Waals surface area contributed by atoms with Crippen molar-refractivity contribution in [1.82, 2.24) is 0 Å². The molecule has 1 aliphatic rings. The standard InChI is InChI=1S/C10H12N2S/c11-10(12)13-9-5-4-7-2-1-3-8(7)6-9/h4-6H,1-3H2,(H3,11,12). The van der Waals surface area contributed by atoms with Gasteiger partial charge < -0.3 is 5.73 Å². The minimum Gasteiger partial charge on any atom is -0.378 e. The number of aryl methyl sites for hydroxylation is 2. The van der Waals surface area contributed by atoms with Crippen molar-refractivity contribution in [2.24, 2.45) is 5.73 Å². The zero-order valence-corrected chi connectivity index (χ0v) is 8.16. The summed E-state index contributed by atoms with van der Waals surface area (Å²) in [5.41, 5.74) is 8.22. The van der Waals surface area contributed by atoms with Crippen LogP contribution in [-0.2, 0) is 12.8 Å². The number of nitrogens with one attached hydrogen (secondary N) is 1. The molecule has 0 atom stereocenters. The summed E-state index contributed by atoms with van der Waals surface area (Å²) in [5.74, 6) is 0. The van der Waals surface area contributed by atoms with Gasteiger partial charge in [-0.25, -0.2) is 0 Å². The van der Waals surface area contributed by atoms with Crippen LogP contribution in [0.25, 0.3) is 0 Å². The molecule has 0 fully saturated rings. The Morgan fingerprint density at radius 2 is 2.08 bits per heavy atom. The van der Waals surface area contributed by atoms with Gasteiger partial charge in [-0.1, -0.05) is 17.8 Å². The third-order valence-electron chi connectivity index (χ3n) is 2.30. The Bertz CT molecular complexity index is 347. The van der Waals surface area contributed by atoms with Gasteiger partial charge in [-0.3, -0.25) is 5.41 Å². The molecular formula is C10H12N2S. The molecule has 2 nitrogen and oxygen atoms in total. The molecular weight excluding hydrogens is 180 g/mol. The lowest BCUT2D eigenvalue weighted by molar-refractivity contribution is 0.911. The second-order valence-electron chi connectivity index (χ2n) is 3.25. The number of thioether (sulfide) groups is 1. The van der Waals surface area contributed by atoms with Crippen molar-refractivity contribution in [3.05, 3.63) is 29.3 Å². The Morgan fingerprint density at radius 3 is 2.85 bits per heavy atom. The molecule has 68 valence electrons. The summed E-state index contributed by atoms with van der Waals surface area (Å²) < 4.78 is 0. The van der Waals surface area contributed by atoms with E-state index >= 15 is 0 Å². The molecule has 2 rings (SSSR count). The molecule has 0 amide bonds. The van der Waals surface area contributed by atoms with Crippen LogP contribution in [0.2, 0.25) is 0 Å². The smallest absolute Gasteiger partial charge is 0.155 e. The Morgan fingerprint density at radius 1 is 1.31 bits per heavy atom. The second kappa shape index (κ2) is 3.42. The predicted octanol–water partition coefficient (Wildman–Crippen LogP) is 2.16. The van der Waals surface area contributed by atoms with Gasteiger partial charge in [0.15, 0.2) is 5.17 Å². The van der Waals surface area contributed by atoms with E-state index in [9.17, 15) is 0 Å². The van der Waals surface area contributed by atoms with Crippen LogP contribution >= 0.6 is 11.8 Å². The van der Waals surface area contributed by atoms with Crippen molar-refractivity contribution < 1.29 is 0 Å². The largest absolute Gasteiger partial charge is 0.378 e. The van der Waals surface area contributed by atoms with E-state index in [4.69, 9.17) is 11.1 Å². The van der Waals surface area contributed by atoms with Gasteiger partial charge in [-0.15, -0.1) is 0 Å². The van der Waals surface area contributed by atoms with Gasteiger partial charge in [-0.2, -0.15) is 0 Å². The van der Waals surface area contributed by atoms with Crippen LogP contribution in [-0.4, -0.2) is 5.17 Å². The van der Waals surface area contributed by atoms with E-state index in [2.05, 4.69) is 18.2 Å². The summed E-state index contributed by atoms with van der Waals surface area (Å²) in [6.07, 6.45) is 3.66. The second-order valence-corrected chi connectivity index (χ2v) is 4.37. The summed E-state index contributed by atoms with van der Waals surface area (Å²) in [5, 5.41) is 7.33. The Hall–Kier alpha value is -0.960. The molecule has 0 unspecified atom stereocenters. The Balaban J connectivity index is 2.25. The maximum absolute atomic E-state index is 7.17. The average Bonchev–Trinajstić information content (AvgIpc) is 2.49. The molecule has 0 aliphatic heterocycles. The molecule has 1 aromatic carbocycles. The minimum atomic E-state index is 0.165. The Kier molecular flexibility index (Phi) is 2.27. The van der Waals surface area contributed by atoms with Crippen molar-refractivity contribution >= 4 is 16.9 Å². The Labute approximate surface area is 82.0 Å². The van der Waals surface area contributed by atoms with Crippen LogP contribution < -0.4 is 5.73 Å². The highest BCUT2D eigenvalue weighted by Gasteiger charge is 2.10. The number of benzene rings is 1. The molecule has 1 aliphatic carbocycles. The maximum Gasteiger partial charge on any atom is 0.155 e. The summed E-state index contributed by atoms with van der Waals surface area (Å²) in [4.78, 5) is 1.09. The van der Waals surface area contributed by atoms with Gasteiger partial charge in [0.05, 0.1) is 0 Å². The van der Waals surface area contributed by atoms with Gasteiger partial charge in [-0.05, 0) is 42.5 Å². The lowest BCUT2D eigenvalue weighted by Crippen LogP contribution is -2.02. The molecule has 1 aromatic rings. The third kappa shape index (κ3) is 1.86. The zero-order chi connectivity index (χ0) is 9.26. The number of fused-ring (bicyclic) bond motifs is 1. The minimum absolute atomic E-state index is 0.165. The number of hydrogen-bond donors (Lipinski definition) is 2. The monoisotopic (exact) mass is 192 g/mol. The van der Waals surface area contributed by atoms with E-state index in [1.54, 1.807) is 0 Å². The SMILES string of the molecule is N=C(N)Sc1ccc2c(c1)CCC2.